The monoisotopic (exact) mass is 458 g/mol. The zero-order valence-electron chi connectivity index (χ0n) is 17.7. The van der Waals surface area contributed by atoms with Crippen molar-refractivity contribution < 1.29 is 17.9 Å². The van der Waals surface area contributed by atoms with Crippen LogP contribution in [0.3, 0.4) is 0 Å². The molecule has 1 aromatic heterocycles. The van der Waals surface area contributed by atoms with Crippen LogP contribution in [0.2, 0.25) is 0 Å². The molecule has 0 atom stereocenters. The fraction of sp³-hybridized carbons (Fsp3) is 0.304. The molecule has 1 heterocycles. The van der Waals surface area contributed by atoms with Gasteiger partial charge in [-0.25, -0.2) is 8.42 Å². The number of carbonyl (C=O) groups is 1. The average Bonchev–Trinajstić information content (AvgIpc) is 3.07. The van der Waals surface area contributed by atoms with Gasteiger partial charge in [0.25, 0.3) is 5.91 Å². The summed E-state index contributed by atoms with van der Waals surface area (Å²) in [6, 6.07) is 11.9. The highest BCUT2D eigenvalue weighted by Gasteiger charge is 2.13. The molecule has 6 nitrogen and oxygen atoms in total. The van der Waals surface area contributed by atoms with E-state index in [1.807, 2.05) is 10.6 Å². The fourth-order valence-corrected chi connectivity index (χ4v) is 4.89. The lowest BCUT2D eigenvalue weighted by molar-refractivity contribution is 0.0997. The number of benzene rings is 2. The Hall–Kier alpha value is -2.71. The molecule has 0 saturated carbocycles. The zero-order valence-corrected chi connectivity index (χ0v) is 19.3. The molecular formula is C23H26N2O4S2. The summed E-state index contributed by atoms with van der Waals surface area (Å²) in [6.45, 7) is 6.97. The fourth-order valence-electron chi connectivity index (χ4n) is 3.09. The topological polar surface area (TPSA) is 77.7 Å². The van der Waals surface area contributed by atoms with Crippen molar-refractivity contribution in [3.05, 3.63) is 65.5 Å². The van der Waals surface area contributed by atoms with E-state index in [4.69, 9.17) is 4.74 Å². The van der Waals surface area contributed by atoms with Gasteiger partial charge in [0.1, 0.15) is 5.75 Å². The Balaban J connectivity index is 1.96. The molecule has 0 fully saturated rings. The number of nitrogens with zero attached hydrogens (tertiary/aromatic N) is 2. The van der Waals surface area contributed by atoms with Gasteiger partial charge in [0.15, 0.2) is 14.6 Å². The minimum Gasteiger partial charge on any atom is -0.494 e. The summed E-state index contributed by atoms with van der Waals surface area (Å²) in [4.78, 5) is 17.9. The summed E-state index contributed by atoms with van der Waals surface area (Å²) in [6.07, 6.45) is 6.07. The van der Waals surface area contributed by atoms with Crippen molar-refractivity contribution in [2.75, 3.05) is 12.9 Å². The molecule has 0 spiro atoms. The number of hydrogen-bond donors (Lipinski definition) is 0. The van der Waals surface area contributed by atoms with Crippen molar-refractivity contribution in [3.63, 3.8) is 0 Å². The van der Waals surface area contributed by atoms with Crippen molar-refractivity contribution >= 4 is 37.3 Å². The Morgan fingerprint density at radius 3 is 2.74 bits per heavy atom. The van der Waals surface area contributed by atoms with Crippen LogP contribution in [-0.4, -0.2) is 31.8 Å². The first-order valence-corrected chi connectivity index (χ1v) is 12.8. The predicted octanol–water partition coefficient (Wildman–Crippen LogP) is 4.60. The van der Waals surface area contributed by atoms with Crippen LogP contribution in [0, 0.1) is 0 Å². The van der Waals surface area contributed by atoms with Crippen LogP contribution >= 0.6 is 11.3 Å². The van der Waals surface area contributed by atoms with E-state index in [0.717, 1.165) is 29.5 Å². The lowest BCUT2D eigenvalue weighted by Gasteiger charge is -2.06. The first kappa shape index (κ1) is 23.0. The first-order chi connectivity index (χ1) is 14.8. The van der Waals surface area contributed by atoms with E-state index in [2.05, 4.69) is 18.5 Å². The summed E-state index contributed by atoms with van der Waals surface area (Å²) in [7, 11) is -3.33. The number of carbonyl (C=O) groups excluding carboxylic acids is 1. The molecule has 0 radical (unpaired) electrons. The molecule has 0 aliphatic carbocycles. The molecule has 0 N–H and O–H groups in total. The maximum absolute atomic E-state index is 12.9. The second-order valence-corrected chi connectivity index (χ2v) is 10.2. The molecule has 164 valence electrons. The van der Waals surface area contributed by atoms with Crippen molar-refractivity contribution in [3.8, 4) is 5.75 Å². The van der Waals surface area contributed by atoms with Crippen LogP contribution in [0.15, 0.2) is 65.0 Å². The van der Waals surface area contributed by atoms with E-state index >= 15 is 0 Å². The Labute approximate surface area is 186 Å². The third-order valence-electron chi connectivity index (χ3n) is 4.69. The maximum atomic E-state index is 12.9. The number of amides is 1. The molecule has 1 amide bonds. The van der Waals surface area contributed by atoms with Crippen LogP contribution in [0.25, 0.3) is 10.2 Å². The molecule has 3 aromatic rings. The number of sulfone groups is 1. The Bertz CT molecular complexity index is 1270. The smallest absolute Gasteiger partial charge is 0.279 e. The lowest BCUT2D eigenvalue weighted by Crippen LogP contribution is -2.16. The van der Waals surface area contributed by atoms with Crippen molar-refractivity contribution in [1.82, 2.24) is 4.57 Å². The highest BCUT2D eigenvalue weighted by atomic mass is 32.2. The van der Waals surface area contributed by atoms with Gasteiger partial charge in [-0.15, -0.1) is 6.58 Å². The van der Waals surface area contributed by atoms with Gasteiger partial charge in [0, 0.05) is 18.4 Å². The SMILES string of the molecule is C=CCn1c(=NC(=O)c2cccc(OCCCCC)c2)sc2cc(S(C)(=O)=O)ccc21. The third kappa shape index (κ3) is 5.71. The van der Waals surface area contributed by atoms with Crippen LogP contribution in [0.5, 0.6) is 5.75 Å². The summed E-state index contributed by atoms with van der Waals surface area (Å²) in [5, 5.41) is 0. The largest absolute Gasteiger partial charge is 0.494 e. The predicted molar refractivity (Wildman–Crippen MR) is 124 cm³/mol. The number of ether oxygens (including phenoxy) is 1. The number of thiazole rings is 1. The molecule has 2 aromatic carbocycles. The zero-order chi connectivity index (χ0) is 22.4. The van der Waals surface area contributed by atoms with Gasteiger partial charge >= 0.3 is 0 Å². The Morgan fingerprint density at radius 1 is 1.23 bits per heavy atom. The number of aromatic nitrogens is 1. The van der Waals surface area contributed by atoms with E-state index < -0.39 is 9.84 Å². The summed E-state index contributed by atoms with van der Waals surface area (Å²) in [5.74, 6) is 0.261. The molecule has 0 unspecified atom stereocenters. The minimum absolute atomic E-state index is 0.234. The van der Waals surface area contributed by atoms with E-state index in [0.29, 0.717) is 29.3 Å². The van der Waals surface area contributed by atoms with E-state index in [-0.39, 0.29) is 10.8 Å². The number of unbranched alkanes of at least 4 members (excludes halogenated alkanes) is 2. The van der Waals surface area contributed by atoms with E-state index in [1.165, 1.54) is 17.6 Å². The first-order valence-electron chi connectivity index (χ1n) is 10.1. The Morgan fingerprint density at radius 2 is 2.03 bits per heavy atom. The summed E-state index contributed by atoms with van der Waals surface area (Å²) in [5.41, 5.74) is 1.24. The van der Waals surface area contributed by atoms with Crippen molar-refractivity contribution in [2.45, 2.75) is 37.6 Å². The molecule has 0 bridgehead atoms. The normalized spacial score (nSPS) is 12.3. The lowest BCUT2D eigenvalue weighted by atomic mass is 10.2. The second kappa shape index (κ2) is 10.1. The average molecular weight is 459 g/mol. The maximum Gasteiger partial charge on any atom is 0.279 e. The number of fused-ring (bicyclic) bond motifs is 1. The molecule has 31 heavy (non-hydrogen) atoms. The van der Waals surface area contributed by atoms with Gasteiger partial charge in [-0.05, 0) is 42.8 Å². The standard InChI is InChI=1S/C23H26N2O4S2/c1-4-6-7-14-29-18-10-8-9-17(15-18)22(26)24-23-25(13-5-2)20-12-11-19(31(3,27)28)16-21(20)30-23/h5,8-12,15-16H,2,4,6-7,13-14H2,1,3H3. The third-order valence-corrected chi connectivity index (χ3v) is 6.84. The number of hydrogen-bond acceptors (Lipinski definition) is 5. The van der Waals surface area contributed by atoms with Gasteiger partial charge in [-0.3, -0.25) is 4.79 Å². The van der Waals surface area contributed by atoms with Crippen LogP contribution in [0.1, 0.15) is 36.5 Å². The summed E-state index contributed by atoms with van der Waals surface area (Å²) >= 11 is 1.27. The van der Waals surface area contributed by atoms with Crippen LogP contribution < -0.4 is 9.54 Å². The highest BCUT2D eigenvalue weighted by molar-refractivity contribution is 7.90. The molecule has 0 aliphatic rings. The molecule has 8 heteroatoms. The second-order valence-electron chi connectivity index (χ2n) is 7.19. The summed E-state index contributed by atoms with van der Waals surface area (Å²) < 4.78 is 32.1. The van der Waals surface area contributed by atoms with E-state index in [1.54, 1.807) is 42.5 Å². The quantitative estimate of drug-likeness (QED) is 0.347. The minimum atomic E-state index is -3.33. The molecular weight excluding hydrogens is 432 g/mol. The highest BCUT2D eigenvalue weighted by Crippen LogP contribution is 2.22. The molecule has 3 rings (SSSR count). The number of allylic oxidation sites excluding steroid dienone is 1. The molecule has 0 saturated heterocycles. The Kier molecular flexibility index (Phi) is 7.46. The van der Waals surface area contributed by atoms with E-state index in [9.17, 15) is 13.2 Å². The van der Waals surface area contributed by atoms with Gasteiger partial charge < -0.3 is 9.30 Å². The van der Waals surface area contributed by atoms with Crippen molar-refractivity contribution in [2.24, 2.45) is 4.99 Å². The van der Waals surface area contributed by atoms with Crippen LogP contribution in [0.4, 0.5) is 0 Å². The van der Waals surface area contributed by atoms with Gasteiger partial charge in [-0.2, -0.15) is 4.99 Å². The van der Waals surface area contributed by atoms with Crippen LogP contribution in [-0.2, 0) is 16.4 Å². The number of rotatable bonds is 9. The van der Waals surface area contributed by atoms with Crippen molar-refractivity contribution in [1.29, 1.82) is 0 Å². The van der Waals surface area contributed by atoms with Gasteiger partial charge in [0.05, 0.1) is 21.7 Å². The van der Waals surface area contributed by atoms with Gasteiger partial charge in [0.2, 0.25) is 0 Å². The van der Waals surface area contributed by atoms with Gasteiger partial charge in [-0.1, -0.05) is 43.2 Å². The molecule has 0 aliphatic heterocycles.